The van der Waals surface area contributed by atoms with Gasteiger partial charge < -0.3 is 19.9 Å². The maximum absolute atomic E-state index is 13.2. The number of carbonyl (C=O) groups is 1. The fourth-order valence-electron chi connectivity index (χ4n) is 5.59. The van der Waals surface area contributed by atoms with Gasteiger partial charge in [-0.15, -0.1) is 0 Å². The topological polar surface area (TPSA) is 100 Å². The molecule has 5 heterocycles. The van der Waals surface area contributed by atoms with Crippen molar-refractivity contribution in [1.29, 1.82) is 0 Å². The largest absolute Gasteiger partial charge is 0.379 e. The average molecular weight is 488 g/mol. The SMILES string of the molecule is CCOC1CCC(Nc2ncc3c(-c4ccn5ncc(C(=O)N6CCCCC6)c5c4)c[nH]c3n2)CC1. The molecule has 0 radical (unpaired) electrons. The van der Waals surface area contributed by atoms with Gasteiger partial charge >= 0.3 is 0 Å². The van der Waals surface area contributed by atoms with Crippen LogP contribution in [0.25, 0.3) is 27.7 Å². The Balaban J connectivity index is 1.23. The van der Waals surface area contributed by atoms with Gasteiger partial charge in [-0.25, -0.2) is 9.50 Å². The van der Waals surface area contributed by atoms with Gasteiger partial charge in [0.25, 0.3) is 5.91 Å². The molecule has 1 aliphatic carbocycles. The van der Waals surface area contributed by atoms with Crippen molar-refractivity contribution < 1.29 is 9.53 Å². The second kappa shape index (κ2) is 9.89. The number of piperidine rings is 1. The normalized spacial score (nSPS) is 20.8. The molecule has 0 spiro atoms. The van der Waals surface area contributed by atoms with E-state index in [-0.39, 0.29) is 5.91 Å². The molecule has 2 fully saturated rings. The maximum Gasteiger partial charge on any atom is 0.257 e. The number of pyridine rings is 1. The number of hydrogen-bond donors (Lipinski definition) is 2. The number of H-pyrrole nitrogens is 1. The van der Waals surface area contributed by atoms with E-state index in [2.05, 4.69) is 27.3 Å². The number of nitrogens with zero attached hydrogens (tertiary/aromatic N) is 5. The van der Waals surface area contributed by atoms with Gasteiger partial charge in [0.05, 0.1) is 23.4 Å². The second-order valence-electron chi connectivity index (χ2n) is 9.89. The minimum Gasteiger partial charge on any atom is -0.379 e. The molecule has 0 bridgehead atoms. The van der Waals surface area contributed by atoms with Crippen LogP contribution in [-0.2, 0) is 4.74 Å². The first-order valence-corrected chi connectivity index (χ1v) is 13.2. The van der Waals surface area contributed by atoms with E-state index in [1.54, 1.807) is 10.7 Å². The molecule has 0 atom stereocenters. The standard InChI is InChI=1S/C27H33N7O2/c1-2-36-20-8-6-19(7-9-20)31-27-29-16-22-21(15-28-25(22)32-27)18-10-13-34-24(14-18)23(17-30-34)26(35)33-11-4-3-5-12-33/h10,13-17,19-20H,2-9,11-12H2,1H3,(H2,28,29,31,32). The van der Waals surface area contributed by atoms with Gasteiger partial charge in [-0.2, -0.15) is 10.1 Å². The smallest absolute Gasteiger partial charge is 0.257 e. The molecule has 1 saturated carbocycles. The number of fused-ring (bicyclic) bond motifs is 2. The summed E-state index contributed by atoms with van der Waals surface area (Å²) in [7, 11) is 0. The Morgan fingerprint density at radius 3 is 2.81 bits per heavy atom. The van der Waals surface area contributed by atoms with Crippen molar-refractivity contribution in [3.05, 3.63) is 42.5 Å². The van der Waals surface area contributed by atoms with Crippen molar-refractivity contribution in [3.8, 4) is 11.1 Å². The van der Waals surface area contributed by atoms with E-state index < -0.39 is 0 Å². The summed E-state index contributed by atoms with van der Waals surface area (Å²) in [5, 5.41) is 8.88. The van der Waals surface area contributed by atoms with Gasteiger partial charge in [-0.05, 0) is 69.6 Å². The Kier molecular flexibility index (Phi) is 6.31. The third-order valence-electron chi connectivity index (χ3n) is 7.55. The van der Waals surface area contributed by atoms with E-state index in [1.807, 2.05) is 35.6 Å². The average Bonchev–Trinajstić information content (AvgIpc) is 3.54. The van der Waals surface area contributed by atoms with E-state index in [0.29, 0.717) is 23.7 Å². The molecule has 9 heteroatoms. The molecule has 2 N–H and O–H groups in total. The molecular weight excluding hydrogens is 454 g/mol. The van der Waals surface area contributed by atoms with Crippen LogP contribution in [0.5, 0.6) is 0 Å². The lowest BCUT2D eigenvalue weighted by Crippen LogP contribution is -2.35. The Morgan fingerprint density at radius 1 is 1.17 bits per heavy atom. The molecule has 0 unspecified atom stereocenters. The Morgan fingerprint density at radius 2 is 2.00 bits per heavy atom. The van der Waals surface area contributed by atoms with Crippen LogP contribution in [0.4, 0.5) is 5.95 Å². The summed E-state index contributed by atoms with van der Waals surface area (Å²) in [6.07, 6.45) is 15.4. The minimum atomic E-state index is 0.0649. The van der Waals surface area contributed by atoms with Crippen molar-refractivity contribution in [2.24, 2.45) is 0 Å². The van der Waals surface area contributed by atoms with Gasteiger partial charge in [-0.1, -0.05) is 0 Å². The Hall–Kier alpha value is -3.46. The van der Waals surface area contributed by atoms with Gasteiger partial charge in [0.15, 0.2) is 0 Å². The molecule has 1 saturated heterocycles. The highest BCUT2D eigenvalue weighted by Crippen LogP contribution is 2.30. The van der Waals surface area contributed by atoms with E-state index in [1.165, 1.54) is 6.42 Å². The molecule has 1 aliphatic heterocycles. The number of anilines is 1. The van der Waals surface area contributed by atoms with Crippen molar-refractivity contribution >= 4 is 28.4 Å². The highest BCUT2D eigenvalue weighted by Gasteiger charge is 2.23. The quantitative estimate of drug-likeness (QED) is 0.410. The fourth-order valence-corrected chi connectivity index (χ4v) is 5.59. The molecule has 9 nitrogen and oxygen atoms in total. The molecule has 188 valence electrons. The molecule has 4 aromatic rings. The van der Waals surface area contributed by atoms with Gasteiger partial charge in [0.2, 0.25) is 5.95 Å². The van der Waals surface area contributed by atoms with Crippen LogP contribution in [0.1, 0.15) is 62.2 Å². The van der Waals surface area contributed by atoms with Crippen molar-refractivity contribution in [3.63, 3.8) is 0 Å². The van der Waals surface area contributed by atoms with Crippen LogP contribution < -0.4 is 5.32 Å². The highest BCUT2D eigenvalue weighted by atomic mass is 16.5. The lowest BCUT2D eigenvalue weighted by Gasteiger charge is -2.28. The number of aromatic nitrogens is 5. The van der Waals surface area contributed by atoms with E-state index >= 15 is 0 Å². The lowest BCUT2D eigenvalue weighted by atomic mass is 9.93. The van der Waals surface area contributed by atoms with Crippen LogP contribution in [0.15, 0.2) is 36.9 Å². The van der Waals surface area contributed by atoms with Crippen LogP contribution in [0.2, 0.25) is 0 Å². The first kappa shape index (κ1) is 23.0. The van der Waals surface area contributed by atoms with Crippen molar-refractivity contribution in [2.75, 3.05) is 25.0 Å². The highest BCUT2D eigenvalue weighted by molar-refractivity contribution is 6.02. The number of rotatable bonds is 6. The monoisotopic (exact) mass is 487 g/mol. The summed E-state index contributed by atoms with van der Waals surface area (Å²) in [5.74, 6) is 0.714. The lowest BCUT2D eigenvalue weighted by molar-refractivity contribution is 0.0346. The zero-order valence-corrected chi connectivity index (χ0v) is 20.7. The molecule has 36 heavy (non-hydrogen) atoms. The third-order valence-corrected chi connectivity index (χ3v) is 7.55. The summed E-state index contributed by atoms with van der Waals surface area (Å²) in [6.45, 7) is 4.47. The molecule has 6 rings (SSSR count). The summed E-state index contributed by atoms with van der Waals surface area (Å²) in [5.41, 5.74) is 4.28. The number of hydrogen-bond acceptors (Lipinski definition) is 6. The predicted molar refractivity (Wildman–Crippen MR) is 139 cm³/mol. The van der Waals surface area contributed by atoms with Crippen LogP contribution in [0.3, 0.4) is 0 Å². The van der Waals surface area contributed by atoms with Crippen LogP contribution >= 0.6 is 0 Å². The van der Waals surface area contributed by atoms with Gasteiger partial charge in [-0.3, -0.25) is 4.79 Å². The Labute approximate surface area is 210 Å². The number of ether oxygens (including phenoxy) is 1. The van der Waals surface area contributed by atoms with Crippen LogP contribution in [-0.4, -0.2) is 67.2 Å². The number of nitrogens with one attached hydrogen (secondary N) is 2. The van der Waals surface area contributed by atoms with Gasteiger partial charge in [0.1, 0.15) is 5.65 Å². The minimum absolute atomic E-state index is 0.0649. The maximum atomic E-state index is 13.2. The predicted octanol–water partition coefficient (Wildman–Crippen LogP) is 4.66. The summed E-state index contributed by atoms with van der Waals surface area (Å²) in [4.78, 5) is 27.8. The van der Waals surface area contributed by atoms with Gasteiger partial charge in [0, 0.05) is 55.3 Å². The van der Waals surface area contributed by atoms with Crippen molar-refractivity contribution in [2.45, 2.75) is 64.0 Å². The third kappa shape index (κ3) is 4.43. The number of aromatic amines is 1. The molecular formula is C27H33N7O2. The van der Waals surface area contributed by atoms with E-state index in [0.717, 1.165) is 85.9 Å². The first-order chi connectivity index (χ1) is 17.7. The molecule has 2 aliphatic rings. The van der Waals surface area contributed by atoms with Crippen LogP contribution in [0, 0.1) is 0 Å². The van der Waals surface area contributed by atoms with E-state index in [9.17, 15) is 4.79 Å². The Bertz CT molecular complexity index is 1360. The number of carbonyl (C=O) groups excluding carboxylic acids is 1. The number of amides is 1. The molecule has 0 aromatic carbocycles. The number of likely N-dealkylation sites (tertiary alicyclic amines) is 1. The fraction of sp³-hybridized carbons (Fsp3) is 0.481. The summed E-state index contributed by atoms with van der Waals surface area (Å²) < 4.78 is 7.54. The summed E-state index contributed by atoms with van der Waals surface area (Å²) in [6, 6.07) is 4.42. The second-order valence-corrected chi connectivity index (χ2v) is 9.89. The zero-order chi connectivity index (χ0) is 24.5. The van der Waals surface area contributed by atoms with Crippen molar-refractivity contribution in [1.82, 2.24) is 29.5 Å². The molecule has 4 aromatic heterocycles. The molecule has 1 amide bonds. The summed E-state index contributed by atoms with van der Waals surface area (Å²) >= 11 is 0. The zero-order valence-electron chi connectivity index (χ0n) is 20.7. The van der Waals surface area contributed by atoms with E-state index in [4.69, 9.17) is 9.72 Å². The first-order valence-electron chi connectivity index (χ1n) is 13.2.